The number of fused-ring (bicyclic) bond motifs is 1. The predicted octanol–water partition coefficient (Wildman–Crippen LogP) is 5.17. The molecule has 4 aromatic rings. The molecule has 8 nitrogen and oxygen atoms in total. The van der Waals surface area contributed by atoms with Crippen molar-refractivity contribution in [1.29, 1.82) is 0 Å². The minimum absolute atomic E-state index is 0.0338. The Morgan fingerprint density at radius 3 is 2.27 bits per heavy atom. The van der Waals surface area contributed by atoms with E-state index >= 15 is 0 Å². The molecule has 0 unspecified atom stereocenters. The van der Waals surface area contributed by atoms with Crippen molar-refractivity contribution in [2.75, 3.05) is 0 Å². The van der Waals surface area contributed by atoms with Gasteiger partial charge in [-0.2, -0.15) is 9.78 Å². The van der Waals surface area contributed by atoms with Crippen LogP contribution in [0.2, 0.25) is 0 Å². The van der Waals surface area contributed by atoms with E-state index in [2.05, 4.69) is 15.3 Å². The number of benzene rings is 3. The van der Waals surface area contributed by atoms with Crippen molar-refractivity contribution in [1.82, 2.24) is 9.78 Å². The molecule has 0 saturated carbocycles. The summed E-state index contributed by atoms with van der Waals surface area (Å²) < 4.78 is 1.38. The Bertz CT molecular complexity index is 1320. The quantitative estimate of drug-likeness (QED) is 0.407. The summed E-state index contributed by atoms with van der Waals surface area (Å²) >= 11 is 0. The maximum atomic E-state index is 11.5. The third-order valence-electron chi connectivity index (χ3n) is 4.83. The number of rotatable bonds is 4. The number of phenols is 1. The zero-order valence-electron chi connectivity index (χ0n) is 16.2. The van der Waals surface area contributed by atoms with Crippen LogP contribution in [0.1, 0.15) is 21.6 Å². The van der Waals surface area contributed by atoms with E-state index < -0.39 is 5.97 Å². The summed E-state index contributed by atoms with van der Waals surface area (Å²) in [6, 6.07) is 15.3. The highest BCUT2D eigenvalue weighted by atomic mass is 16.4. The van der Waals surface area contributed by atoms with E-state index in [0.29, 0.717) is 22.2 Å². The molecule has 0 bridgehead atoms. The summed E-state index contributed by atoms with van der Waals surface area (Å²) in [4.78, 5) is 11.5. The third-order valence-corrected chi connectivity index (χ3v) is 4.83. The molecule has 30 heavy (non-hydrogen) atoms. The normalized spacial score (nSPS) is 11.4. The molecule has 3 N–H and O–H groups in total. The predicted molar refractivity (Wildman–Crippen MR) is 111 cm³/mol. The molecule has 0 aliphatic rings. The van der Waals surface area contributed by atoms with Crippen LogP contribution in [0.15, 0.2) is 64.8 Å². The largest absolute Gasteiger partial charge is 0.506 e. The molecule has 0 aliphatic carbocycles. The number of nitrogens with zero attached hydrogens (tertiary/aromatic N) is 4. The molecule has 0 spiro atoms. The number of aromatic hydroxyl groups is 2. The molecular formula is C22H18N4O4. The average molecular weight is 402 g/mol. The third kappa shape index (κ3) is 3.14. The van der Waals surface area contributed by atoms with Crippen molar-refractivity contribution in [3.8, 4) is 17.3 Å². The highest BCUT2D eigenvalue weighted by molar-refractivity contribution is 6.08. The van der Waals surface area contributed by atoms with Crippen LogP contribution in [0.25, 0.3) is 16.5 Å². The molecule has 4 rings (SSSR count). The SMILES string of the molecule is Cc1ccccc1-n1nc(C)c(N=Nc2c(O)cc(C(=O)O)c3ccccc23)c1O. The number of carboxylic acids is 1. The molecule has 0 aliphatic heterocycles. The molecule has 0 saturated heterocycles. The van der Waals surface area contributed by atoms with Gasteiger partial charge < -0.3 is 15.3 Å². The Balaban J connectivity index is 1.84. The number of azo groups is 1. The number of aromatic carboxylic acids is 1. The zero-order valence-corrected chi connectivity index (χ0v) is 16.2. The number of para-hydroxylation sites is 1. The van der Waals surface area contributed by atoms with Crippen LogP contribution < -0.4 is 0 Å². The number of hydrogen-bond acceptors (Lipinski definition) is 6. The van der Waals surface area contributed by atoms with E-state index in [1.807, 2.05) is 31.2 Å². The van der Waals surface area contributed by atoms with Crippen molar-refractivity contribution >= 4 is 28.1 Å². The van der Waals surface area contributed by atoms with Gasteiger partial charge in [-0.3, -0.25) is 0 Å². The van der Waals surface area contributed by atoms with Gasteiger partial charge in [0.25, 0.3) is 0 Å². The van der Waals surface area contributed by atoms with Gasteiger partial charge in [-0.1, -0.05) is 42.5 Å². The summed E-state index contributed by atoms with van der Waals surface area (Å²) in [6.07, 6.45) is 0. The summed E-state index contributed by atoms with van der Waals surface area (Å²) in [6.45, 7) is 3.59. The highest BCUT2D eigenvalue weighted by Gasteiger charge is 2.19. The van der Waals surface area contributed by atoms with Gasteiger partial charge in [-0.15, -0.1) is 10.2 Å². The molecule has 3 aromatic carbocycles. The van der Waals surface area contributed by atoms with E-state index in [4.69, 9.17) is 0 Å². The van der Waals surface area contributed by atoms with Gasteiger partial charge in [0.05, 0.1) is 16.9 Å². The second kappa shape index (κ2) is 7.32. The fourth-order valence-electron chi connectivity index (χ4n) is 3.32. The Hall–Kier alpha value is -4.20. The van der Waals surface area contributed by atoms with Gasteiger partial charge in [0.15, 0.2) is 5.69 Å². The molecule has 0 amide bonds. The van der Waals surface area contributed by atoms with Crippen LogP contribution in [0.5, 0.6) is 11.6 Å². The number of carboxylic acid groups (broad SMARTS) is 1. The number of aryl methyl sites for hydroxylation is 2. The minimum Gasteiger partial charge on any atom is -0.506 e. The Labute approximate surface area is 171 Å². The van der Waals surface area contributed by atoms with Crippen molar-refractivity contribution in [2.45, 2.75) is 13.8 Å². The fraction of sp³-hybridized carbons (Fsp3) is 0.0909. The Morgan fingerprint density at radius 2 is 1.57 bits per heavy atom. The zero-order chi connectivity index (χ0) is 21.4. The maximum absolute atomic E-state index is 11.5. The second-order valence-electron chi connectivity index (χ2n) is 6.80. The first-order valence-corrected chi connectivity index (χ1v) is 9.13. The van der Waals surface area contributed by atoms with Crippen LogP contribution in [0.4, 0.5) is 11.4 Å². The number of carbonyl (C=O) groups is 1. The maximum Gasteiger partial charge on any atom is 0.336 e. The van der Waals surface area contributed by atoms with E-state index in [9.17, 15) is 20.1 Å². The summed E-state index contributed by atoms with van der Waals surface area (Å²) in [7, 11) is 0. The molecule has 150 valence electrons. The van der Waals surface area contributed by atoms with Crippen molar-refractivity contribution in [2.24, 2.45) is 10.2 Å². The van der Waals surface area contributed by atoms with E-state index in [1.165, 1.54) is 4.68 Å². The first kappa shape index (κ1) is 19.1. The monoisotopic (exact) mass is 402 g/mol. The van der Waals surface area contributed by atoms with Gasteiger partial charge in [0.1, 0.15) is 11.4 Å². The first-order valence-electron chi connectivity index (χ1n) is 9.13. The van der Waals surface area contributed by atoms with Crippen molar-refractivity contribution in [3.63, 3.8) is 0 Å². The lowest BCUT2D eigenvalue weighted by molar-refractivity contribution is 0.0698. The van der Waals surface area contributed by atoms with Gasteiger partial charge in [0, 0.05) is 5.39 Å². The summed E-state index contributed by atoms with van der Waals surface area (Å²) in [5.41, 5.74) is 2.31. The topological polar surface area (TPSA) is 120 Å². The Morgan fingerprint density at radius 1 is 0.933 bits per heavy atom. The lowest BCUT2D eigenvalue weighted by Gasteiger charge is -2.07. The molecule has 0 radical (unpaired) electrons. The lowest BCUT2D eigenvalue weighted by atomic mass is 10.0. The van der Waals surface area contributed by atoms with Crippen molar-refractivity contribution < 1.29 is 20.1 Å². The van der Waals surface area contributed by atoms with Crippen LogP contribution in [-0.2, 0) is 0 Å². The fourth-order valence-corrected chi connectivity index (χ4v) is 3.32. The molecule has 8 heteroatoms. The molecule has 1 heterocycles. The summed E-state index contributed by atoms with van der Waals surface area (Å²) in [5, 5.41) is 43.9. The second-order valence-corrected chi connectivity index (χ2v) is 6.80. The highest BCUT2D eigenvalue weighted by Crippen LogP contribution is 2.40. The molecule has 0 atom stereocenters. The Kier molecular flexibility index (Phi) is 4.67. The van der Waals surface area contributed by atoms with Crippen LogP contribution in [0.3, 0.4) is 0 Å². The van der Waals surface area contributed by atoms with Crippen LogP contribution >= 0.6 is 0 Å². The number of phenolic OH excluding ortho intramolecular Hbond substituents is 1. The number of hydrogen-bond donors (Lipinski definition) is 3. The minimum atomic E-state index is -1.15. The first-order chi connectivity index (χ1) is 14.4. The van der Waals surface area contributed by atoms with Gasteiger partial charge in [-0.05, 0) is 36.9 Å². The van der Waals surface area contributed by atoms with Gasteiger partial charge >= 0.3 is 5.97 Å². The lowest BCUT2D eigenvalue weighted by Crippen LogP contribution is -1.98. The van der Waals surface area contributed by atoms with E-state index in [-0.39, 0.29) is 28.6 Å². The van der Waals surface area contributed by atoms with E-state index in [0.717, 1.165) is 11.6 Å². The number of aromatic nitrogens is 2. The van der Waals surface area contributed by atoms with Crippen LogP contribution in [0, 0.1) is 13.8 Å². The van der Waals surface area contributed by atoms with Crippen LogP contribution in [-0.4, -0.2) is 31.1 Å². The van der Waals surface area contributed by atoms with Crippen molar-refractivity contribution in [3.05, 3.63) is 71.4 Å². The molecular weight excluding hydrogens is 384 g/mol. The average Bonchev–Trinajstić information content (AvgIpc) is 3.00. The smallest absolute Gasteiger partial charge is 0.336 e. The van der Waals surface area contributed by atoms with E-state index in [1.54, 1.807) is 31.2 Å². The molecule has 0 fully saturated rings. The summed E-state index contributed by atoms with van der Waals surface area (Å²) in [5.74, 6) is -1.66. The standard InChI is InChI=1S/C22H18N4O4/c1-12-7-3-6-10-17(12)26-21(28)19(13(2)25-26)23-24-20-15-9-5-4-8-14(15)16(22(29)30)11-18(20)27/h3-11,27-28H,1-2H3,(H,29,30). The van der Waals surface area contributed by atoms with Gasteiger partial charge in [-0.25, -0.2) is 4.79 Å². The van der Waals surface area contributed by atoms with Gasteiger partial charge in [0.2, 0.25) is 5.88 Å². The molecule has 1 aromatic heterocycles.